The van der Waals surface area contributed by atoms with Gasteiger partial charge in [-0.05, 0) is 35.0 Å². The highest BCUT2D eigenvalue weighted by Crippen LogP contribution is 2.30. The van der Waals surface area contributed by atoms with Gasteiger partial charge in [-0.15, -0.1) is 10.2 Å². The Balaban J connectivity index is 2.23. The standard InChI is InChI=1S/C14H14BrN3O3/c1-9-16-17-12(18(9)2)8-21-14-10(6-7-13(19)20)4-3-5-11(14)15/h3-7H,8H2,1-2H3,(H,19,20). The summed E-state index contributed by atoms with van der Waals surface area (Å²) in [4.78, 5) is 10.6. The molecular formula is C14H14BrN3O3. The summed E-state index contributed by atoms with van der Waals surface area (Å²) in [6, 6.07) is 5.42. The summed E-state index contributed by atoms with van der Waals surface area (Å²) in [6.07, 6.45) is 2.56. The molecule has 7 heteroatoms. The number of aliphatic carboxylic acids is 1. The van der Waals surface area contributed by atoms with Crippen LogP contribution in [-0.4, -0.2) is 25.8 Å². The molecule has 0 bridgehead atoms. The Hall–Kier alpha value is -2.15. The minimum absolute atomic E-state index is 0.244. The van der Waals surface area contributed by atoms with Gasteiger partial charge in [-0.1, -0.05) is 12.1 Å². The van der Waals surface area contributed by atoms with Gasteiger partial charge in [0.05, 0.1) is 4.47 Å². The summed E-state index contributed by atoms with van der Waals surface area (Å²) in [5.41, 5.74) is 0.672. The predicted molar refractivity (Wildman–Crippen MR) is 80.9 cm³/mol. The van der Waals surface area contributed by atoms with Crippen molar-refractivity contribution in [1.29, 1.82) is 0 Å². The molecule has 21 heavy (non-hydrogen) atoms. The highest BCUT2D eigenvalue weighted by atomic mass is 79.9. The second-order valence-electron chi connectivity index (χ2n) is 4.34. The Morgan fingerprint density at radius 3 is 2.86 bits per heavy atom. The molecule has 0 unspecified atom stereocenters. The summed E-state index contributed by atoms with van der Waals surface area (Å²) in [5.74, 6) is 1.05. The molecule has 0 saturated carbocycles. The summed E-state index contributed by atoms with van der Waals surface area (Å²) < 4.78 is 8.35. The molecule has 0 atom stereocenters. The Morgan fingerprint density at radius 1 is 1.48 bits per heavy atom. The number of para-hydroxylation sites is 1. The molecule has 0 aliphatic heterocycles. The normalized spacial score (nSPS) is 11.0. The Labute approximate surface area is 130 Å². The van der Waals surface area contributed by atoms with Crippen LogP contribution in [0.4, 0.5) is 0 Å². The zero-order valence-corrected chi connectivity index (χ0v) is 13.2. The largest absolute Gasteiger partial charge is 0.484 e. The molecule has 0 spiro atoms. The number of aromatic nitrogens is 3. The third-order valence-corrected chi connectivity index (χ3v) is 3.56. The van der Waals surface area contributed by atoms with Crippen molar-refractivity contribution in [1.82, 2.24) is 14.8 Å². The first-order valence-electron chi connectivity index (χ1n) is 6.16. The van der Waals surface area contributed by atoms with Crippen LogP contribution in [0, 0.1) is 6.92 Å². The van der Waals surface area contributed by atoms with Crippen molar-refractivity contribution in [2.45, 2.75) is 13.5 Å². The fourth-order valence-corrected chi connectivity index (χ4v) is 2.18. The third kappa shape index (κ3) is 3.69. The quantitative estimate of drug-likeness (QED) is 0.837. The molecule has 0 fully saturated rings. The molecule has 0 aliphatic carbocycles. The zero-order chi connectivity index (χ0) is 15.4. The summed E-state index contributed by atoms with van der Waals surface area (Å²) >= 11 is 3.40. The molecule has 1 aromatic carbocycles. The van der Waals surface area contributed by atoms with Crippen LogP contribution in [0.5, 0.6) is 5.75 Å². The zero-order valence-electron chi connectivity index (χ0n) is 11.6. The lowest BCUT2D eigenvalue weighted by Gasteiger charge is -2.11. The average Bonchev–Trinajstić information content (AvgIpc) is 2.75. The van der Waals surface area contributed by atoms with Gasteiger partial charge in [-0.3, -0.25) is 0 Å². The fraction of sp³-hybridized carbons (Fsp3) is 0.214. The highest BCUT2D eigenvalue weighted by Gasteiger charge is 2.10. The van der Waals surface area contributed by atoms with E-state index in [2.05, 4.69) is 26.1 Å². The van der Waals surface area contributed by atoms with Gasteiger partial charge in [-0.25, -0.2) is 4.79 Å². The van der Waals surface area contributed by atoms with Gasteiger partial charge in [0.25, 0.3) is 0 Å². The van der Waals surface area contributed by atoms with E-state index in [9.17, 15) is 4.79 Å². The first-order valence-corrected chi connectivity index (χ1v) is 6.95. The van der Waals surface area contributed by atoms with Crippen LogP contribution in [0.2, 0.25) is 0 Å². The minimum Gasteiger partial charge on any atom is -0.484 e. The van der Waals surface area contributed by atoms with Gasteiger partial charge < -0.3 is 14.4 Å². The van der Waals surface area contributed by atoms with Crippen molar-refractivity contribution < 1.29 is 14.6 Å². The van der Waals surface area contributed by atoms with Crippen LogP contribution in [0.15, 0.2) is 28.7 Å². The molecule has 1 N–H and O–H groups in total. The van der Waals surface area contributed by atoms with Crippen molar-refractivity contribution in [3.8, 4) is 5.75 Å². The Kier molecular flexibility index (Phi) is 4.74. The number of hydrogen-bond acceptors (Lipinski definition) is 4. The first-order chi connectivity index (χ1) is 9.99. The Bertz CT molecular complexity index is 695. The van der Waals surface area contributed by atoms with Crippen molar-refractivity contribution >= 4 is 28.0 Å². The number of benzene rings is 1. The molecular weight excluding hydrogens is 338 g/mol. The van der Waals surface area contributed by atoms with Crippen LogP contribution in [0.25, 0.3) is 6.08 Å². The maximum atomic E-state index is 10.6. The van der Waals surface area contributed by atoms with Crippen LogP contribution in [-0.2, 0) is 18.4 Å². The maximum Gasteiger partial charge on any atom is 0.328 e. The van der Waals surface area contributed by atoms with Gasteiger partial charge in [0.2, 0.25) is 0 Å². The molecule has 110 valence electrons. The molecule has 1 aromatic heterocycles. The summed E-state index contributed by atoms with van der Waals surface area (Å²) in [5, 5.41) is 16.7. The molecule has 2 aromatic rings. The van der Waals surface area contributed by atoms with Crippen LogP contribution in [0.3, 0.4) is 0 Å². The lowest BCUT2D eigenvalue weighted by atomic mass is 10.2. The molecule has 0 aliphatic rings. The number of carbonyl (C=O) groups is 1. The van der Waals surface area contributed by atoms with Gasteiger partial charge >= 0.3 is 5.97 Å². The van der Waals surface area contributed by atoms with E-state index in [1.165, 1.54) is 6.08 Å². The Morgan fingerprint density at radius 2 is 2.24 bits per heavy atom. The van der Waals surface area contributed by atoms with Crippen molar-refractivity contribution in [2.24, 2.45) is 7.05 Å². The number of ether oxygens (including phenoxy) is 1. The summed E-state index contributed by atoms with van der Waals surface area (Å²) in [6.45, 7) is 2.10. The van der Waals surface area contributed by atoms with Gasteiger partial charge in [-0.2, -0.15) is 0 Å². The van der Waals surface area contributed by atoms with E-state index in [4.69, 9.17) is 9.84 Å². The van der Waals surface area contributed by atoms with E-state index in [-0.39, 0.29) is 6.61 Å². The average molecular weight is 352 g/mol. The number of hydrogen-bond donors (Lipinski definition) is 1. The van der Waals surface area contributed by atoms with Crippen LogP contribution < -0.4 is 4.74 Å². The van der Waals surface area contributed by atoms with Gasteiger partial charge in [0, 0.05) is 18.7 Å². The van der Waals surface area contributed by atoms with Gasteiger partial charge in [0.1, 0.15) is 18.2 Å². The molecule has 6 nitrogen and oxygen atoms in total. The van der Waals surface area contributed by atoms with Crippen LogP contribution in [0.1, 0.15) is 17.2 Å². The SMILES string of the molecule is Cc1nnc(COc2c(Br)cccc2C=CC(=O)O)n1C. The van der Waals surface area contributed by atoms with E-state index >= 15 is 0 Å². The number of nitrogens with zero attached hydrogens (tertiary/aromatic N) is 3. The predicted octanol–water partition coefficient (Wildman–Crippen LogP) is 2.56. The van der Waals surface area contributed by atoms with E-state index in [1.54, 1.807) is 6.07 Å². The van der Waals surface area contributed by atoms with E-state index in [0.717, 1.165) is 16.4 Å². The minimum atomic E-state index is -1.01. The van der Waals surface area contributed by atoms with Crippen molar-refractivity contribution in [2.75, 3.05) is 0 Å². The monoisotopic (exact) mass is 351 g/mol. The highest BCUT2D eigenvalue weighted by molar-refractivity contribution is 9.10. The smallest absolute Gasteiger partial charge is 0.328 e. The second-order valence-corrected chi connectivity index (χ2v) is 5.20. The van der Waals surface area contributed by atoms with Crippen molar-refractivity contribution in [3.63, 3.8) is 0 Å². The number of rotatable bonds is 5. The second kappa shape index (κ2) is 6.53. The summed E-state index contributed by atoms with van der Waals surface area (Å²) in [7, 11) is 1.86. The van der Waals surface area contributed by atoms with E-state index in [1.807, 2.05) is 30.7 Å². The lowest BCUT2D eigenvalue weighted by Crippen LogP contribution is -2.05. The third-order valence-electron chi connectivity index (χ3n) is 2.93. The lowest BCUT2D eigenvalue weighted by molar-refractivity contribution is -0.131. The number of carboxylic acid groups (broad SMARTS) is 1. The van der Waals surface area contributed by atoms with Crippen LogP contribution >= 0.6 is 15.9 Å². The van der Waals surface area contributed by atoms with E-state index < -0.39 is 5.97 Å². The topological polar surface area (TPSA) is 77.2 Å². The molecule has 0 saturated heterocycles. The van der Waals surface area contributed by atoms with Gasteiger partial charge in [0.15, 0.2) is 5.82 Å². The molecule has 0 amide bonds. The van der Waals surface area contributed by atoms with Crippen molar-refractivity contribution in [3.05, 3.63) is 46.0 Å². The molecule has 1 heterocycles. The number of halogens is 1. The first kappa shape index (κ1) is 15.2. The number of carboxylic acids is 1. The fourth-order valence-electron chi connectivity index (χ4n) is 1.68. The number of aryl methyl sites for hydroxylation is 1. The maximum absolute atomic E-state index is 10.6. The molecule has 0 radical (unpaired) electrons. The van der Waals surface area contributed by atoms with E-state index in [0.29, 0.717) is 17.1 Å². The molecule has 2 rings (SSSR count).